The molecule has 0 heterocycles. The lowest BCUT2D eigenvalue weighted by molar-refractivity contribution is -0.143. The molecule has 0 aromatic heterocycles. The van der Waals surface area contributed by atoms with Gasteiger partial charge in [0.1, 0.15) is 0 Å². The first kappa shape index (κ1) is 10.5. The minimum atomic E-state index is -0.820. The summed E-state index contributed by atoms with van der Waals surface area (Å²) < 4.78 is 4.60. The Hall–Kier alpha value is -0.610. The van der Waals surface area contributed by atoms with Crippen molar-refractivity contribution in [1.82, 2.24) is 0 Å². The molecule has 0 aromatic rings. The maximum absolute atomic E-state index is 11.2. The van der Waals surface area contributed by atoms with Gasteiger partial charge in [-0.2, -0.15) is 0 Å². The number of ether oxygens (including phenoxy) is 1. The van der Waals surface area contributed by atoms with Gasteiger partial charge in [0.05, 0.1) is 25.7 Å². The molecule has 0 amide bonds. The van der Waals surface area contributed by atoms with Gasteiger partial charge in [-0.15, -0.1) is 0 Å². The van der Waals surface area contributed by atoms with Gasteiger partial charge in [0, 0.05) is 5.92 Å². The van der Waals surface area contributed by atoms with Crippen molar-refractivity contribution in [2.45, 2.75) is 20.0 Å². The molecule has 1 saturated carbocycles. The molecule has 0 aromatic carbocycles. The van der Waals surface area contributed by atoms with Crippen LogP contribution in [0.15, 0.2) is 0 Å². The van der Waals surface area contributed by atoms with Gasteiger partial charge < -0.3 is 14.9 Å². The lowest BCUT2D eigenvalue weighted by Crippen LogP contribution is -2.19. The van der Waals surface area contributed by atoms with E-state index in [0.717, 1.165) is 0 Å². The Morgan fingerprint density at radius 1 is 1.62 bits per heavy atom. The molecule has 0 saturated heterocycles. The first-order chi connectivity index (χ1) is 5.96. The number of carbonyl (C=O) groups is 1. The molecule has 76 valence electrons. The van der Waals surface area contributed by atoms with Gasteiger partial charge in [-0.1, -0.05) is 13.8 Å². The van der Waals surface area contributed by atoms with E-state index in [2.05, 4.69) is 4.74 Å². The monoisotopic (exact) mass is 188 g/mol. The maximum atomic E-state index is 11.2. The number of methoxy groups -OCH3 is 1. The third-order valence-corrected chi connectivity index (χ3v) is 2.97. The van der Waals surface area contributed by atoms with E-state index < -0.39 is 6.10 Å². The molecule has 4 heteroatoms. The van der Waals surface area contributed by atoms with Crippen LogP contribution in [0.5, 0.6) is 0 Å². The van der Waals surface area contributed by atoms with Crippen LogP contribution in [-0.4, -0.2) is 36.0 Å². The van der Waals surface area contributed by atoms with Crippen LogP contribution in [0, 0.1) is 17.3 Å². The predicted octanol–water partition coefficient (Wildman–Crippen LogP) is -0.215. The topological polar surface area (TPSA) is 66.8 Å². The van der Waals surface area contributed by atoms with Crippen LogP contribution >= 0.6 is 0 Å². The molecule has 0 aliphatic heterocycles. The molecule has 2 N–H and O–H groups in total. The summed E-state index contributed by atoms with van der Waals surface area (Å²) in [6.45, 7) is 3.47. The van der Waals surface area contributed by atoms with Crippen LogP contribution in [0.25, 0.3) is 0 Å². The molecule has 13 heavy (non-hydrogen) atoms. The second kappa shape index (κ2) is 3.27. The Kier molecular flexibility index (Phi) is 2.63. The van der Waals surface area contributed by atoms with Gasteiger partial charge >= 0.3 is 5.97 Å². The molecule has 1 aliphatic rings. The number of rotatable bonds is 3. The van der Waals surface area contributed by atoms with Crippen molar-refractivity contribution in [1.29, 1.82) is 0 Å². The van der Waals surface area contributed by atoms with Crippen LogP contribution in [0.3, 0.4) is 0 Å². The number of hydrogen-bond donors (Lipinski definition) is 2. The minimum absolute atomic E-state index is 0.176. The van der Waals surface area contributed by atoms with Gasteiger partial charge in [-0.25, -0.2) is 0 Å². The van der Waals surface area contributed by atoms with Gasteiger partial charge in [0.2, 0.25) is 0 Å². The number of esters is 1. The lowest BCUT2D eigenvalue weighted by atomic mass is 10.1. The SMILES string of the molecule is COC(=O)C1C(C(O)CO)C1(C)C. The van der Waals surface area contributed by atoms with E-state index in [4.69, 9.17) is 5.11 Å². The Labute approximate surface area is 77.5 Å². The van der Waals surface area contributed by atoms with Crippen molar-refractivity contribution in [3.8, 4) is 0 Å². The molecular weight excluding hydrogens is 172 g/mol. The second-order valence-corrected chi connectivity index (χ2v) is 4.10. The zero-order valence-electron chi connectivity index (χ0n) is 8.15. The average Bonchev–Trinajstić information content (AvgIpc) is 2.66. The van der Waals surface area contributed by atoms with Crippen LogP contribution in [-0.2, 0) is 9.53 Å². The molecule has 1 rings (SSSR count). The number of aliphatic hydroxyl groups excluding tert-OH is 2. The van der Waals surface area contributed by atoms with E-state index in [-0.39, 0.29) is 29.8 Å². The maximum Gasteiger partial charge on any atom is 0.309 e. The first-order valence-corrected chi connectivity index (χ1v) is 4.33. The first-order valence-electron chi connectivity index (χ1n) is 4.33. The molecule has 0 spiro atoms. The number of carbonyl (C=O) groups excluding carboxylic acids is 1. The minimum Gasteiger partial charge on any atom is -0.469 e. The predicted molar refractivity (Wildman–Crippen MR) is 45.9 cm³/mol. The van der Waals surface area contributed by atoms with Crippen molar-refractivity contribution in [2.75, 3.05) is 13.7 Å². The Morgan fingerprint density at radius 2 is 2.15 bits per heavy atom. The van der Waals surface area contributed by atoms with Gasteiger partial charge in [0.15, 0.2) is 0 Å². The van der Waals surface area contributed by atoms with Gasteiger partial charge in [0.25, 0.3) is 0 Å². The highest BCUT2D eigenvalue weighted by molar-refractivity contribution is 5.77. The van der Waals surface area contributed by atoms with E-state index in [1.54, 1.807) is 0 Å². The normalized spacial score (nSPS) is 32.4. The van der Waals surface area contributed by atoms with Gasteiger partial charge in [-0.05, 0) is 5.41 Å². The fourth-order valence-corrected chi connectivity index (χ4v) is 2.09. The van der Waals surface area contributed by atoms with E-state index in [9.17, 15) is 9.90 Å². The summed E-state index contributed by atoms with van der Waals surface area (Å²) in [5, 5.41) is 18.1. The van der Waals surface area contributed by atoms with Crippen LogP contribution in [0.2, 0.25) is 0 Å². The van der Waals surface area contributed by atoms with Crippen molar-refractivity contribution >= 4 is 5.97 Å². The molecule has 0 radical (unpaired) electrons. The van der Waals surface area contributed by atoms with E-state index in [1.165, 1.54) is 7.11 Å². The van der Waals surface area contributed by atoms with Crippen molar-refractivity contribution in [2.24, 2.45) is 17.3 Å². The van der Waals surface area contributed by atoms with Crippen molar-refractivity contribution in [3.63, 3.8) is 0 Å². The summed E-state index contributed by atoms with van der Waals surface area (Å²) in [7, 11) is 1.33. The Bertz CT molecular complexity index is 212. The second-order valence-electron chi connectivity index (χ2n) is 4.10. The highest BCUT2D eigenvalue weighted by Crippen LogP contribution is 2.60. The largest absolute Gasteiger partial charge is 0.469 e. The number of hydrogen-bond acceptors (Lipinski definition) is 4. The highest BCUT2D eigenvalue weighted by atomic mass is 16.5. The third kappa shape index (κ3) is 1.56. The molecule has 1 aliphatic carbocycles. The molecule has 3 atom stereocenters. The zero-order valence-corrected chi connectivity index (χ0v) is 8.15. The number of aliphatic hydroxyl groups is 2. The Morgan fingerprint density at radius 3 is 2.54 bits per heavy atom. The average molecular weight is 188 g/mol. The molecular formula is C9H16O4. The molecule has 0 bridgehead atoms. The zero-order chi connectivity index (χ0) is 10.2. The third-order valence-electron chi connectivity index (χ3n) is 2.97. The van der Waals surface area contributed by atoms with E-state index >= 15 is 0 Å². The fourth-order valence-electron chi connectivity index (χ4n) is 2.09. The quantitative estimate of drug-likeness (QED) is 0.601. The van der Waals surface area contributed by atoms with E-state index in [0.29, 0.717) is 0 Å². The Balaban J connectivity index is 2.66. The van der Waals surface area contributed by atoms with E-state index in [1.807, 2.05) is 13.8 Å². The van der Waals surface area contributed by atoms with Crippen molar-refractivity contribution < 1.29 is 19.7 Å². The molecule has 3 unspecified atom stereocenters. The summed E-state index contributed by atoms with van der Waals surface area (Å²) in [5.74, 6) is -0.757. The summed E-state index contributed by atoms with van der Waals surface area (Å²) in [5.41, 5.74) is -0.255. The summed E-state index contributed by atoms with van der Waals surface area (Å²) in [4.78, 5) is 11.2. The van der Waals surface area contributed by atoms with Crippen LogP contribution in [0.4, 0.5) is 0 Å². The molecule has 4 nitrogen and oxygen atoms in total. The van der Waals surface area contributed by atoms with Crippen LogP contribution in [0.1, 0.15) is 13.8 Å². The van der Waals surface area contributed by atoms with Crippen LogP contribution < -0.4 is 0 Å². The molecule has 1 fully saturated rings. The van der Waals surface area contributed by atoms with Crippen molar-refractivity contribution in [3.05, 3.63) is 0 Å². The summed E-state index contributed by atoms with van der Waals surface area (Å²) in [6, 6.07) is 0. The fraction of sp³-hybridized carbons (Fsp3) is 0.889. The highest BCUT2D eigenvalue weighted by Gasteiger charge is 2.65. The smallest absolute Gasteiger partial charge is 0.309 e. The standard InChI is InChI=1S/C9H16O4/c1-9(2)6(5(11)4-10)7(9)8(12)13-3/h5-7,10-11H,4H2,1-3H3. The lowest BCUT2D eigenvalue weighted by Gasteiger charge is -2.06. The summed E-state index contributed by atoms with van der Waals surface area (Å²) >= 11 is 0. The van der Waals surface area contributed by atoms with Gasteiger partial charge in [-0.3, -0.25) is 4.79 Å². The summed E-state index contributed by atoms with van der Waals surface area (Å²) in [6.07, 6.45) is -0.820.